The number of rotatable bonds is 10. The van der Waals surface area contributed by atoms with Gasteiger partial charge in [0.05, 0.1) is 32.5 Å². The normalized spacial score (nSPS) is 20.4. The molecule has 0 fully saturated rings. The van der Waals surface area contributed by atoms with Gasteiger partial charge in [0.1, 0.15) is 5.75 Å². The standard InChI is InChI=1S/C34H42O6/c1-3-23-7-4-5-10-32(40-20-19-35)29(9-6-8-23)30(37)17-14-24-15-18-31(38)34(39-2)33(24)27-12-11-26-22-28(36)16-13-25(26)21-27/h11-13,15-16,18,21-23,29-30,32,35-38H,3-5,7,9-10,14,17,19-20H2,1-2H3/t23-,29+,30+,32-/m0/s1. The molecule has 0 bridgehead atoms. The number of ether oxygens (including phenoxy) is 2. The van der Waals surface area contributed by atoms with Crippen molar-refractivity contribution in [2.24, 2.45) is 11.8 Å². The predicted octanol–water partition coefficient (Wildman–Crippen LogP) is 6.21. The first-order valence-electron chi connectivity index (χ1n) is 14.5. The number of aliphatic hydroxyl groups is 2. The molecule has 0 radical (unpaired) electrons. The molecule has 4 rings (SSSR count). The summed E-state index contributed by atoms with van der Waals surface area (Å²) in [5, 5.41) is 43.2. The molecule has 40 heavy (non-hydrogen) atoms. The minimum Gasteiger partial charge on any atom is -0.508 e. The van der Waals surface area contributed by atoms with Crippen LogP contribution in [0.15, 0.2) is 48.5 Å². The number of fused-ring (bicyclic) bond motifs is 1. The van der Waals surface area contributed by atoms with E-state index in [1.165, 1.54) is 0 Å². The second-order valence-electron chi connectivity index (χ2n) is 10.7. The zero-order valence-electron chi connectivity index (χ0n) is 23.6. The molecule has 0 amide bonds. The second kappa shape index (κ2) is 14.4. The monoisotopic (exact) mass is 546 g/mol. The van der Waals surface area contributed by atoms with Gasteiger partial charge in [-0.1, -0.05) is 50.0 Å². The van der Waals surface area contributed by atoms with Crippen molar-refractivity contribution in [3.05, 3.63) is 54.1 Å². The Bertz CT molecular complexity index is 1320. The molecule has 0 heterocycles. The molecule has 6 nitrogen and oxygen atoms in total. The fraction of sp³-hybridized carbons (Fsp3) is 0.471. The number of hydrogen-bond acceptors (Lipinski definition) is 6. The molecule has 0 spiro atoms. The lowest BCUT2D eigenvalue weighted by Crippen LogP contribution is -2.35. The number of aromatic hydroxyl groups is 2. The highest BCUT2D eigenvalue weighted by Gasteiger charge is 2.29. The van der Waals surface area contributed by atoms with E-state index < -0.39 is 6.10 Å². The van der Waals surface area contributed by atoms with E-state index in [2.05, 4.69) is 18.8 Å². The number of hydrogen-bond donors (Lipinski definition) is 4. The summed E-state index contributed by atoms with van der Waals surface area (Å²) >= 11 is 0. The third-order valence-corrected chi connectivity index (χ3v) is 8.07. The smallest absolute Gasteiger partial charge is 0.168 e. The van der Waals surface area contributed by atoms with Gasteiger partial charge >= 0.3 is 0 Å². The number of phenols is 2. The average Bonchev–Trinajstić information content (AvgIpc) is 2.97. The van der Waals surface area contributed by atoms with Crippen LogP contribution < -0.4 is 4.74 Å². The number of methoxy groups -OCH3 is 1. The number of aliphatic hydroxyl groups excluding tert-OH is 2. The van der Waals surface area contributed by atoms with Crippen LogP contribution in [0.5, 0.6) is 17.2 Å². The number of benzene rings is 3. The van der Waals surface area contributed by atoms with Crippen LogP contribution in [0.3, 0.4) is 0 Å². The van der Waals surface area contributed by atoms with Crippen LogP contribution >= 0.6 is 0 Å². The van der Waals surface area contributed by atoms with Crippen molar-refractivity contribution in [2.75, 3.05) is 20.3 Å². The molecule has 0 saturated carbocycles. The Morgan fingerprint density at radius 2 is 1.77 bits per heavy atom. The highest BCUT2D eigenvalue weighted by atomic mass is 16.5. The molecule has 214 valence electrons. The maximum absolute atomic E-state index is 11.5. The highest BCUT2D eigenvalue weighted by molar-refractivity contribution is 5.90. The molecule has 0 unspecified atom stereocenters. The SMILES string of the molecule is CC[C@@H]1C#CC[C@H]([C@H](O)CCc2ccc(O)c(OC)c2-c2ccc3cc(O)ccc3c2)[C@@H](OCCO)CCCC1. The van der Waals surface area contributed by atoms with Crippen LogP contribution in [0.4, 0.5) is 0 Å². The fourth-order valence-electron chi connectivity index (χ4n) is 5.83. The molecular weight excluding hydrogens is 504 g/mol. The van der Waals surface area contributed by atoms with E-state index in [4.69, 9.17) is 9.47 Å². The van der Waals surface area contributed by atoms with Crippen LogP contribution in [0.2, 0.25) is 0 Å². The lowest BCUT2D eigenvalue weighted by molar-refractivity contribution is -0.0515. The summed E-state index contributed by atoms with van der Waals surface area (Å²) in [5.41, 5.74) is 2.63. The summed E-state index contributed by atoms with van der Waals surface area (Å²) < 4.78 is 11.7. The van der Waals surface area contributed by atoms with Crippen LogP contribution in [-0.2, 0) is 11.2 Å². The Kier molecular flexibility index (Phi) is 10.7. The second-order valence-corrected chi connectivity index (χ2v) is 10.7. The zero-order chi connectivity index (χ0) is 28.5. The summed E-state index contributed by atoms with van der Waals surface area (Å²) in [6.45, 7) is 2.37. The van der Waals surface area contributed by atoms with E-state index in [1.807, 2.05) is 30.3 Å². The fourth-order valence-corrected chi connectivity index (χ4v) is 5.83. The minimum atomic E-state index is -0.648. The van der Waals surface area contributed by atoms with E-state index in [0.29, 0.717) is 30.9 Å². The molecule has 1 aliphatic rings. The van der Waals surface area contributed by atoms with Gasteiger partial charge < -0.3 is 29.9 Å². The minimum absolute atomic E-state index is 0.0507. The number of phenolic OH excluding ortho intramolecular Hbond substituents is 2. The van der Waals surface area contributed by atoms with Crippen molar-refractivity contribution in [1.82, 2.24) is 0 Å². The molecule has 3 aromatic carbocycles. The van der Waals surface area contributed by atoms with E-state index in [1.54, 1.807) is 25.3 Å². The van der Waals surface area contributed by atoms with Crippen LogP contribution in [0, 0.1) is 23.7 Å². The van der Waals surface area contributed by atoms with Crippen molar-refractivity contribution in [1.29, 1.82) is 0 Å². The molecule has 1 aliphatic carbocycles. The van der Waals surface area contributed by atoms with E-state index >= 15 is 0 Å². The molecule has 0 aliphatic heterocycles. The van der Waals surface area contributed by atoms with E-state index in [0.717, 1.165) is 59.6 Å². The Hall–Kier alpha value is -3.24. The van der Waals surface area contributed by atoms with Crippen molar-refractivity contribution in [3.8, 4) is 40.2 Å². The van der Waals surface area contributed by atoms with Gasteiger partial charge in [-0.25, -0.2) is 0 Å². The third kappa shape index (κ3) is 7.28. The third-order valence-electron chi connectivity index (χ3n) is 8.07. The van der Waals surface area contributed by atoms with Crippen LogP contribution in [0.1, 0.15) is 57.4 Å². The van der Waals surface area contributed by atoms with Crippen molar-refractivity contribution in [2.45, 2.75) is 70.5 Å². The molecule has 4 atom stereocenters. The lowest BCUT2D eigenvalue weighted by Gasteiger charge is -2.31. The first-order chi connectivity index (χ1) is 19.4. The largest absolute Gasteiger partial charge is 0.508 e. The molecular formula is C34H42O6. The van der Waals surface area contributed by atoms with Gasteiger partial charge in [-0.15, -0.1) is 5.92 Å². The van der Waals surface area contributed by atoms with E-state index in [-0.39, 0.29) is 36.7 Å². The molecule has 0 saturated heterocycles. The first kappa shape index (κ1) is 29.7. The summed E-state index contributed by atoms with van der Waals surface area (Å²) in [5.74, 6) is 7.66. The Morgan fingerprint density at radius 1 is 1.00 bits per heavy atom. The van der Waals surface area contributed by atoms with Crippen molar-refractivity contribution in [3.63, 3.8) is 0 Å². The van der Waals surface area contributed by atoms with Gasteiger partial charge in [0, 0.05) is 23.8 Å². The summed E-state index contributed by atoms with van der Waals surface area (Å²) in [6, 6.07) is 14.7. The zero-order valence-corrected chi connectivity index (χ0v) is 23.6. The Balaban J connectivity index is 1.62. The summed E-state index contributed by atoms with van der Waals surface area (Å²) in [7, 11) is 1.54. The topological polar surface area (TPSA) is 99.4 Å². The molecule has 4 N–H and O–H groups in total. The van der Waals surface area contributed by atoms with Gasteiger partial charge in [-0.2, -0.15) is 0 Å². The molecule has 0 aromatic heterocycles. The maximum Gasteiger partial charge on any atom is 0.168 e. The average molecular weight is 547 g/mol. The van der Waals surface area contributed by atoms with Gasteiger partial charge in [0.25, 0.3) is 0 Å². The quantitative estimate of drug-likeness (QED) is 0.226. The maximum atomic E-state index is 11.5. The predicted molar refractivity (Wildman–Crippen MR) is 159 cm³/mol. The van der Waals surface area contributed by atoms with Gasteiger partial charge in [-0.05, 0) is 78.3 Å². The van der Waals surface area contributed by atoms with Gasteiger partial charge in [-0.3, -0.25) is 0 Å². The molecule has 6 heteroatoms. The Labute approximate surface area is 237 Å². The van der Waals surface area contributed by atoms with E-state index in [9.17, 15) is 20.4 Å². The summed E-state index contributed by atoms with van der Waals surface area (Å²) in [6.07, 6.45) is 5.84. The first-order valence-corrected chi connectivity index (χ1v) is 14.5. The lowest BCUT2D eigenvalue weighted by atomic mass is 9.84. The Morgan fingerprint density at radius 3 is 2.55 bits per heavy atom. The molecule has 3 aromatic rings. The summed E-state index contributed by atoms with van der Waals surface area (Å²) in [4.78, 5) is 0. The highest BCUT2D eigenvalue weighted by Crippen LogP contribution is 2.42. The van der Waals surface area contributed by atoms with Gasteiger partial charge in [0.2, 0.25) is 0 Å². The van der Waals surface area contributed by atoms with Crippen LogP contribution in [-0.4, -0.2) is 53.0 Å². The van der Waals surface area contributed by atoms with Crippen molar-refractivity contribution >= 4 is 10.8 Å². The van der Waals surface area contributed by atoms with Gasteiger partial charge in [0.15, 0.2) is 11.5 Å². The van der Waals surface area contributed by atoms with Crippen molar-refractivity contribution < 1.29 is 29.9 Å². The number of aryl methyl sites for hydroxylation is 1. The van der Waals surface area contributed by atoms with Crippen LogP contribution in [0.25, 0.3) is 21.9 Å².